The van der Waals surface area contributed by atoms with E-state index in [-0.39, 0.29) is 11.3 Å². The summed E-state index contributed by atoms with van der Waals surface area (Å²) in [6.45, 7) is 0. The number of hydrogen-bond donors (Lipinski definition) is 3. The molecule has 6 heteroatoms. The van der Waals surface area contributed by atoms with Gasteiger partial charge in [0.15, 0.2) is 0 Å². The van der Waals surface area contributed by atoms with Crippen LogP contribution in [0.5, 0.6) is 0 Å². The van der Waals surface area contributed by atoms with E-state index in [9.17, 15) is 9.59 Å². The summed E-state index contributed by atoms with van der Waals surface area (Å²) in [5.41, 5.74) is -0.0776. The first-order chi connectivity index (χ1) is 9.24. The van der Waals surface area contributed by atoms with Crippen molar-refractivity contribution in [3.63, 3.8) is 0 Å². The van der Waals surface area contributed by atoms with Crippen molar-refractivity contribution in [2.45, 2.75) is 0 Å². The predicted octanol–water partition coefficient (Wildman–Crippen LogP) is 1.50. The molecule has 0 spiro atoms. The highest BCUT2D eigenvalue weighted by Crippen LogP contribution is 2.11. The number of nitrogens with one attached hydrogen (secondary N) is 3. The number of carbonyl (C=O) groups is 1. The fraction of sp³-hybridized carbons (Fsp3) is 0. The Morgan fingerprint density at radius 3 is 2.84 bits per heavy atom. The molecule has 0 saturated heterocycles. The average Bonchev–Trinajstić information content (AvgIpc) is 2.91. The topological polar surface area (TPSA) is 90.6 Å². The molecule has 0 atom stereocenters. The van der Waals surface area contributed by atoms with Crippen LogP contribution in [0.2, 0.25) is 0 Å². The van der Waals surface area contributed by atoms with Crippen LogP contribution < -0.4 is 10.9 Å². The second-order valence-electron chi connectivity index (χ2n) is 4.02. The maximum Gasteiger partial charge on any atom is 0.273 e. The van der Waals surface area contributed by atoms with E-state index in [2.05, 4.69) is 20.5 Å². The van der Waals surface area contributed by atoms with Gasteiger partial charge < -0.3 is 10.3 Å². The van der Waals surface area contributed by atoms with Crippen LogP contribution in [-0.4, -0.2) is 21.1 Å². The van der Waals surface area contributed by atoms with Crippen molar-refractivity contribution >= 4 is 22.5 Å². The van der Waals surface area contributed by atoms with Gasteiger partial charge in [-0.3, -0.25) is 14.7 Å². The third-order valence-electron chi connectivity index (χ3n) is 2.75. The van der Waals surface area contributed by atoms with Crippen LogP contribution in [0.4, 0.5) is 5.82 Å². The number of H-pyrrole nitrogens is 2. The van der Waals surface area contributed by atoms with Gasteiger partial charge in [0.1, 0.15) is 11.5 Å². The van der Waals surface area contributed by atoms with Gasteiger partial charge in [0.2, 0.25) is 0 Å². The summed E-state index contributed by atoms with van der Waals surface area (Å²) in [4.78, 5) is 26.4. The fourth-order valence-corrected chi connectivity index (χ4v) is 1.85. The van der Waals surface area contributed by atoms with Gasteiger partial charge in [-0.15, -0.1) is 0 Å². The number of fused-ring (bicyclic) bond motifs is 1. The number of hydrogen-bond acceptors (Lipinski definition) is 3. The van der Waals surface area contributed by atoms with Crippen LogP contribution in [0.25, 0.3) is 10.8 Å². The van der Waals surface area contributed by atoms with E-state index in [1.54, 1.807) is 30.3 Å². The quantitative estimate of drug-likeness (QED) is 0.647. The summed E-state index contributed by atoms with van der Waals surface area (Å²) in [6.07, 6.45) is 1.53. The summed E-state index contributed by atoms with van der Waals surface area (Å²) < 4.78 is 0. The second-order valence-corrected chi connectivity index (χ2v) is 4.02. The highest BCUT2D eigenvalue weighted by molar-refractivity contribution is 6.04. The summed E-state index contributed by atoms with van der Waals surface area (Å²) in [7, 11) is 0. The Bertz CT molecular complexity index is 790. The maximum absolute atomic E-state index is 12.0. The standard InChI is InChI=1S/C13H10N4O2/c18-12-9-4-2-1-3-8(9)7-10(15-12)13(19)16-11-5-6-14-17-11/h1-7H,(H,15,18)(H2,14,16,17,19). The summed E-state index contributed by atoms with van der Waals surface area (Å²) in [5.74, 6) is 0.0751. The number of aromatic nitrogens is 3. The molecule has 0 saturated carbocycles. The lowest BCUT2D eigenvalue weighted by Gasteiger charge is -2.04. The molecule has 0 aliphatic rings. The number of nitrogens with zero attached hydrogens (tertiary/aromatic N) is 1. The van der Waals surface area contributed by atoms with Crippen molar-refractivity contribution in [2.75, 3.05) is 5.32 Å². The smallest absolute Gasteiger partial charge is 0.273 e. The van der Waals surface area contributed by atoms with Gasteiger partial charge in [0, 0.05) is 11.5 Å². The van der Waals surface area contributed by atoms with Gasteiger partial charge in [-0.1, -0.05) is 18.2 Å². The van der Waals surface area contributed by atoms with Crippen molar-refractivity contribution in [3.8, 4) is 0 Å². The molecule has 3 aromatic rings. The van der Waals surface area contributed by atoms with Crippen LogP contribution >= 0.6 is 0 Å². The minimum absolute atomic E-state index is 0.207. The van der Waals surface area contributed by atoms with Crippen LogP contribution in [0.15, 0.2) is 47.4 Å². The van der Waals surface area contributed by atoms with E-state index < -0.39 is 5.91 Å². The van der Waals surface area contributed by atoms with Gasteiger partial charge in [0.05, 0.1) is 6.20 Å². The zero-order valence-electron chi connectivity index (χ0n) is 9.81. The molecular weight excluding hydrogens is 244 g/mol. The molecule has 2 aromatic heterocycles. The molecule has 94 valence electrons. The van der Waals surface area contributed by atoms with Gasteiger partial charge in [-0.05, 0) is 17.5 Å². The number of amides is 1. The Hall–Kier alpha value is -2.89. The third-order valence-corrected chi connectivity index (χ3v) is 2.75. The first-order valence-corrected chi connectivity index (χ1v) is 5.67. The number of anilines is 1. The Kier molecular flexibility index (Phi) is 2.60. The van der Waals surface area contributed by atoms with E-state index in [1.165, 1.54) is 6.20 Å². The Morgan fingerprint density at radius 1 is 1.21 bits per heavy atom. The van der Waals surface area contributed by atoms with Crippen molar-refractivity contribution < 1.29 is 4.79 Å². The van der Waals surface area contributed by atoms with E-state index in [0.29, 0.717) is 11.2 Å². The normalized spacial score (nSPS) is 10.5. The Balaban J connectivity index is 2.01. The molecule has 1 amide bonds. The van der Waals surface area contributed by atoms with E-state index in [1.807, 2.05) is 6.07 Å². The molecule has 3 N–H and O–H groups in total. The Morgan fingerprint density at radius 2 is 2.05 bits per heavy atom. The monoisotopic (exact) mass is 254 g/mol. The molecule has 0 bridgehead atoms. The van der Waals surface area contributed by atoms with Gasteiger partial charge >= 0.3 is 0 Å². The SMILES string of the molecule is O=C(Nc1ccn[nH]1)c1cc2ccccc2c(=O)[nH]1. The summed E-state index contributed by atoms with van der Waals surface area (Å²) in [5, 5.41) is 10.2. The van der Waals surface area contributed by atoms with Crippen LogP contribution in [0, 0.1) is 0 Å². The molecular formula is C13H10N4O2. The van der Waals surface area contributed by atoms with Gasteiger partial charge in [-0.25, -0.2) is 0 Å². The average molecular weight is 254 g/mol. The maximum atomic E-state index is 12.0. The summed E-state index contributed by atoms with van der Waals surface area (Å²) in [6, 6.07) is 10.4. The molecule has 19 heavy (non-hydrogen) atoms. The zero-order valence-corrected chi connectivity index (χ0v) is 9.81. The number of carbonyl (C=O) groups excluding carboxylic acids is 1. The first kappa shape index (κ1) is 11.2. The molecule has 3 rings (SSSR count). The highest BCUT2D eigenvalue weighted by Gasteiger charge is 2.10. The largest absolute Gasteiger partial charge is 0.317 e. The molecule has 0 aliphatic carbocycles. The number of pyridine rings is 1. The predicted molar refractivity (Wildman–Crippen MR) is 71.1 cm³/mol. The van der Waals surface area contributed by atoms with Crippen molar-refractivity contribution in [2.24, 2.45) is 0 Å². The zero-order chi connectivity index (χ0) is 13.2. The number of benzene rings is 1. The number of aromatic amines is 2. The van der Waals surface area contributed by atoms with Crippen molar-refractivity contribution in [1.29, 1.82) is 0 Å². The molecule has 6 nitrogen and oxygen atoms in total. The lowest BCUT2D eigenvalue weighted by molar-refractivity contribution is 0.102. The van der Waals surface area contributed by atoms with E-state index in [4.69, 9.17) is 0 Å². The van der Waals surface area contributed by atoms with Crippen LogP contribution in [0.3, 0.4) is 0 Å². The molecule has 0 aliphatic heterocycles. The minimum atomic E-state index is -0.396. The van der Waals surface area contributed by atoms with Gasteiger partial charge in [0.25, 0.3) is 11.5 Å². The third kappa shape index (κ3) is 2.11. The van der Waals surface area contributed by atoms with Crippen molar-refractivity contribution in [1.82, 2.24) is 15.2 Å². The van der Waals surface area contributed by atoms with Gasteiger partial charge in [-0.2, -0.15) is 5.10 Å². The first-order valence-electron chi connectivity index (χ1n) is 5.67. The lowest BCUT2D eigenvalue weighted by atomic mass is 10.1. The molecule has 0 fully saturated rings. The molecule has 0 radical (unpaired) electrons. The fourth-order valence-electron chi connectivity index (χ4n) is 1.85. The Labute approximate surface area is 107 Å². The number of rotatable bonds is 2. The van der Waals surface area contributed by atoms with E-state index >= 15 is 0 Å². The molecule has 1 aromatic carbocycles. The van der Waals surface area contributed by atoms with E-state index in [0.717, 1.165) is 5.39 Å². The minimum Gasteiger partial charge on any atom is -0.317 e. The summed E-state index contributed by atoms with van der Waals surface area (Å²) >= 11 is 0. The second kappa shape index (κ2) is 4.41. The van der Waals surface area contributed by atoms with Crippen molar-refractivity contribution in [3.05, 3.63) is 58.6 Å². The van der Waals surface area contributed by atoms with Crippen LogP contribution in [0.1, 0.15) is 10.5 Å². The lowest BCUT2D eigenvalue weighted by Crippen LogP contribution is -2.19. The van der Waals surface area contributed by atoms with Crippen LogP contribution in [-0.2, 0) is 0 Å². The highest BCUT2D eigenvalue weighted by atomic mass is 16.2. The molecule has 0 unspecified atom stereocenters. The molecule has 2 heterocycles.